The van der Waals surface area contributed by atoms with Crippen molar-refractivity contribution in [1.29, 1.82) is 0 Å². The molecule has 104 valence electrons. The third kappa shape index (κ3) is 2.93. The van der Waals surface area contributed by atoms with Crippen molar-refractivity contribution in [3.05, 3.63) is 64.7 Å². The van der Waals surface area contributed by atoms with E-state index < -0.39 is 11.8 Å². The molecule has 0 atom stereocenters. The lowest BCUT2D eigenvalue weighted by Gasteiger charge is -2.11. The SMILES string of the molecule is Cc1c(F)cccc1NCc1cc(C(=O)O)ccc1F. The molecular formula is C15H13F2NO2. The van der Waals surface area contributed by atoms with E-state index in [4.69, 9.17) is 5.11 Å². The van der Waals surface area contributed by atoms with E-state index in [0.717, 1.165) is 6.07 Å². The highest BCUT2D eigenvalue weighted by Gasteiger charge is 2.09. The number of halogens is 2. The molecule has 2 aromatic rings. The van der Waals surface area contributed by atoms with Gasteiger partial charge in [-0.15, -0.1) is 0 Å². The first kappa shape index (κ1) is 14.0. The zero-order valence-corrected chi connectivity index (χ0v) is 10.8. The molecule has 0 aromatic heterocycles. The highest BCUT2D eigenvalue weighted by molar-refractivity contribution is 5.87. The van der Waals surface area contributed by atoms with Gasteiger partial charge in [-0.1, -0.05) is 6.07 Å². The second-order valence-electron chi connectivity index (χ2n) is 4.38. The third-order valence-corrected chi connectivity index (χ3v) is 3.03. The van der Waals surface area contributed by atoms with Crippen LogP contribution >= 0.6 is 0 Å². The van der Waals surface area contributed by atoms with Gasteiger partial charge >= 0.3 is 5.97 Å². The van der Waals surface area contributed by atoms with E-state index in [1.807, 2.05) is 0 Å². The molecule has 0 fully saturated rings. The van der Waals surface area contributed by atoms with E-state index in [9.17, 15) is 13.6 Å². The van der Waals surface area contributed by atoms with Crippen LogP contribution in [0.5, 0.6) is 0 Å². The number of hydrogen-bond donors (Lipinski definition) is 2. The number of rotatable bonds is 4. The zero-order chi connectivity index (χ0) is 14.7. The fourth-order valence-corrected chi connectivity index (χ4v) is 1.83. The van der Waals surface area contributed by atoms with Gasteiger partial charge in [-0.3, -0.25) is 0 Å². The van der Waals surface area contributed by atoms with Gasteiger partial charge < -0.3 is 10.4 Å². The fourth-order valence-electron chi connectivity index (χ4n) is 1.83. The molecule has 0 amide bonds. The second kappa shape index (κ2) is 5.69. The standard InChI is InChI=1S/C15H13F2NO2/c1-9-12(16)3-2-4-14(9)18-8-11-7-10(15(19)20)5-6-13(11)17/h2-7,18H,8H2,1H3,(H,19,20). The average Bonchev–Trinajstić information content (AvgIpc) is 2.41. The van der Waals surface area contributed by atoms with Crippen molar-refractivity contribution < 1.29 is 18.7 Å². The first-order valence-corrected chi connectivity index (χ1v) is 5.99. The first-order chi connectivity index (χ1) is 9.49. The van der Waals surface area contributed by atoms with E-state index in [0.29, 0.717) is 11.3 Å². The third-order valence-electron chi connectivity index (χ3n) is 3.03. The van der Waals surface area contributed by atoms with Crippen LogP contribution in [0.4, 0.5) is 14.5 Å². The number of aromatic carboxylic acids is 1. The van der Waals surface area contributed by atoms with Crippen molar-refractivity contribution >= 4 is 11.7 Å². The van der Waals surface area contributed by atoms with E-state index >= 15 is 0 Å². The maximum Gasteiger partial charge on any atom is 0.335 e. The number of hydrogen-bond acceptors (Lipinski definition) is 2. The Hall–Kier alpha value is -2.43. The molecule has 0 saturated heterocycles. The molecule has 0 radical (unpaired) electrons. The molecule has 0 bridgehead atoms. The Balaban J connectivity index is 2.20. The van der Waals surface area contributed by atoms with Crippen LogP contribution in [0.2, 0.25) is 0 Å². The number of benzene rings is 2. The monoisotopic (exact) mass is 277 g/mol. The predicted molar refractivity (Wildman–Crippen MR) is 71.8 cm³/mol. The lowest BCUT2D eigenvalue weighted by atomic mass is 10.1. The van der Waals surface area contributed by atoms with Crippen molar-refractivity contribution in [1.82, 2.24) is 0 Å². The summed E-state index contributed by atoms with van der Waals surface area (Å²) < 4.78 is 27.0. The Morgan fingerprint density at radius 3 is 2.65 bits per heavy atom. The van der Waals surface area contributed by atoms with Crippen LogP contribution in [-0.4, -0.2) is 11.1 Å². The number of carboxylic acid groups (broad SMARTS) is 1. The topological polar surface area (TPSA) is 49.3 Å². The molecule has 0 heterocycles. The number of anilines is 1. The van der Waals surface area contributed by atoms with Gasteiger partial charge in [0.2, 0.25) is 0 Å². The molecule has 0 spiro atoms. The maximum absolute atomic E-state index is 13.6. The van der Waals surface area contributed by atoms with Crippen LogP contribution in [0.15, 0.2) is 36.4 Å². The molecule has 0 aliphatic carbocycles. The number of nitrogens with one attached hydrogen (secondary N) is 1. The van der Waals surface area contributed by atoms with Gasteiger partial charge in [0, 0.05) is 23.4 Å². The molecule has 0 saturated carbocycles. The molecule has 20 heavy (non-hydrogen) atoms. The Morgan fingerprint density at radius 1 is 1.20 bits per heavy atom. The first-order valence-electron chi connectivity index (χ1n) is 5.99. The van der Waals surface area contributed by atoms with Crippen molar-refractivity contribution in [3.63, 3.8) is 0 Å². The van der Waals surface area contributed by atoms with Crippen molar-refractivity contribution in [3.8, 4) is 0 Å². The summed E-state index contributed by atoms with van der Waals surface area (Å²) in [4.78, 5) is 10.8. The molecule has 0 aliphatic heterocycles. The van der Waals surface area contributed by atoms with Crippen molar-refractivity contribution in [2.24, 2.45) is 0 Å². The summed E-state index contributed by atoms with van der Waals surface area (Å²) >= 11 is 0. The minimum Gasteiger partial charge on any atom is -0.478 e. The van der Waals surface area contributed by atoms with Crippen LogP contribution in [0, 0.1) is 18.6 Å². The number of carbonyl (C=O) groups is 1. The largest absolute Gasteiger partial charge is 0.478 e. The van der Waals surface area contributed by atoms with Gasteiger partial charge in [-0.05, 0) is 37.3 Å². The maximum atomic E-state index is 13.6. The summed E-state index contributed by atoms with van der Waals surface area (Å²) in [6.07, 6.45) is 0. The normalized spacial score (nSPS) is 10.3. The summed E-state index contributed by atoms with van der Waals surface area (Å²) in [7, 11) is 0. The van der Waals surface area contributed by atoms with Crippen molar-refractivity contribution in [2.75, 3.05) is 5.32 Å². The minimum absolute atomic E-state index is 0.0131. The summed E-state index contributed by atoms with van der Waals surface area (Å²) in [6.45, 7) is 1.69. The summed E-state index contributed by atoms with van der Waals surface area (Å²) in [6, 6.07) is 8.14. The zero-order valence-electron chi connectivity index (χ0n) is 10.8. The lowest BCUT2D eigenvalue weighted by Crippen LogP contribution is -2.06. The fraction of sp³-hybridized carbons (Fsp3) is 0.133. The van der Waals surface area contributed by atoms with Gasteiger partial charge in [-0.25, -0.2) is 13.6 Å². The molecule has 0 unspecified atom stereocenters. The van der Waals surface area contributed by atoms with E-state index in [2.05, 4.69) is 5.32 Å². The molecule has 5 heteroatoms. The van der Waals surface area contributed by atoms with Gasteiger partial charge in [0.1, 0.15) is 11.6 Å². The van der Waals surface area contributed by atoms with Gasteiger partial charge in [0.05, 0.1) is 5.56 Å². The molecule has 2 aromatic carbocycles. The molecular weight excluding hydrogens is 264 g/mol. The Kier molecular flexibility index (Phi) is 3.98. The molecule has 3 nitrogen and oxygen atoms in total. The Morgan fingerprint density at radius 2 is 1.95 bits per heavy atom. The van der Waals surface area contributed by atoms with Gasteiger partial charge in [0.15, 0.2) is 0 Å². The Labute approximate surface area is 114 Å². The minimum atomic E-state index is -1.12. The van der Waals surface area contributed by atoms with Crippen LogP contribution < -0.4 is 5.32 Å². The highest BCUT2D eigenvalue weighted by atomic mass is 19.1. The van der Waals surface area contributed by atoms with Crippen molar-refractivity contribution in [2.45, 2.75) is 13.5 Å². The Bertz CT molecular complexity index is 656. The predicted octanol–water partition coefficient (Wildman–Crippen LogP) is 3.58. The van der Waals surface area contributed by atoms with Crippen LogP contribution in [0.1, 0.15) is 21.5 Å². The van der Waals surface area contributed by atoms with Gasteiger partial charge in [0.25, 0.3) is 0 Å². The highest BCUT2D eigenvalue weighted by Crippen LogP contribution is 2.19. The van der Waals surface area contributed by atoms with Gasteiger partial charge in [-0.2, -0.15) is 0 Å². The van der Waals surface area contributed by atoms with E-state index in [1.54, 1.807) is 19.1 Å². The smallest absolute Gasteiger partial charge is 0.335 e. The average molecular weight is 277 g/mol. The van der Waals surface area contributed by atoms with E-state index in [-0.39, 0.29) is 23.5 Å². The summed E-state index contributed by atoms with van der Waals surface area (Å²) in [5, 5.41) is 11.8. The van der Waals surface area contributed by atoms with Crippen LogP contribution in [0.25, 0.3) is 0 Å². The molecule has 0 aliphatic rings. The quantitative estimate of drug-likeness (QED) is 0.898. The van der Waals surface area contributed by atoms with Crippen LogP contribution in [0.3, 0.4) is 0 Å². The van der Waals surface area contributed by atoms with E-state index in [1.165, 1.54) is 18.2 Å². The number of carboxylic acids is 1. The lowest BCUT2D eigenvalue weighted by molar-refractivity contribution is 0.0696. The summed E-state index contributed by atoms with van der Waals surface area (Å²) in [5.41, 5.74) is 1.21. The second-order valence-corrected chi connectivity index (χ2v) is 4.38. The van der Waals surface area contributed by atoms with Crippen LogP contribution in [-0.2, 0) is 6.54 Å². The summed E-state index contributed by atoms with van der Waals surface area (Å²) in [5.74, 6) is -1.97. The molecule has 2 N–H and O–H groups in total. The molecule has 2 rings (SSSR count).